The zero-order valence-corrected chi connectivity index (χ0v) is 29.3. The highest BCUT2D eigenvalue weighted by Crippen LogP contribution is 2.33. The second-order valence-corrected chi connectivity index (χ2v) is 14.5. The molecule has 13 nitrogen and oxygen atoms in total. The van der Waals surface area contributed by atoms with Gasteiger partial charge in [0, 0.05) is 32.6 Å². The van der Waals surface area contributed by atoms with Gasteiger partial charge in [-0.2, -0.15) is 0 Å². The van der Waals surface area contributed by atoms with Crippen molar-refractivity contribution in [1.82, 2.24) is 25.8 Å². The third-order valence-corrected chi connectivity index (χ3v) is 10.6. The average Bonchev–Trinajstić information content (AvgIpc) is 3.84. The van der Waals surface area contributed by atoms with Crippen molar-refractivity contribution in [2.24, 2.45) is 23.3 Å². The van der Waals surface area contributed by atoms with Gasteiger partial charge in [0.2, 0.25) is 23.6 Å². The van der Waals surface area contributed by atoms with Gasteiger partial charge in [-0.25, -0.2) is 0 Å². The molecule has 4 amide bonds. The summed E-state index contributed by atoms with van der Waals surface area (Å²) < 4.78 is 0. The van der Waals surface area contributed by atoms with Gasteiger partial charge in [-0.1, -0.05) is 73.5 Å². The van der Waals surface area contributed by atoms with Crippen LogP contribution in [0.2, 0.25) is 0 Å². The number of unbranched alkanes of at least 4 members (excludes halogenated alkanes) is 1. The van der Waals surface area contributed by atoms with Gasteiger partial charge < -0.3 is 37.4 Å². The fourth-order valence-corrected chi connectivity index (χ4v) is 7.87. The molecule has 5 unspecified atom stereocenters. The van der Waals surface area contributed by atoms with E-state index < -0.39 is 47.4 Å². The summed E-state index contributed by atoms with van der Waals surface area (Å²) in [6.45, 7) is 2.72. The standard InChI is InChI=1S/C38H53N7O6/c39-18-10-7-15-31(36(50)45-23-28-21-44(25-33(46)47)22-29(28)24-45)42-37(51)38(16-8-9-17-38)43-35(49)32(20-27-13-5-2-6-14-27)41-34(48)30(40)19-26-11-3-1-4-12-26/h1-6,11-14,28-32H,7-10,15-25,39-40H2,(H,41,48)(H,42,51)(H,43,49)(H,46,47). The largest absolute Gasteiger partial charge is 0.480 e. The SMILES string of the molecule is NCCCCC(NC(=O)C1(NC(=O)C(Cc2ccccc2)NC(=O)C(N)Cc2ccccc2)CCCC1)C(=O)N1CC2CN(CC(=O)O)CC2C1. The Kier molecular flexibility index (Phi) is 13.2. The number of carboxylic acid groups (broad SMARTS) is 1. The summed E-state index contributed by atoms with van der Waals surface area (Å²) in [7, 11) is 0. The lowest BCUT2D eigenvalue weighted by Crippen LogP contribution is -2.64. The van der Waals surface area contributed by atoms with E-state index in [1.165, 1.54) is 0 Å². The fourth-order valence-electron chi connectivity index (χ4n) is 7.87. The monoisotopic (exact) mass is 703 g/mol. The number of aliphatic carboxylic acids is 1. The lowest BCUT2D eigenvalue weighted by molar-refractivity contribution is -0.140. The van der Waals surface area contributed by atoms with E-state index in [0.29, 0.717) is 71.2 Å². The van der Waals surface area contributed by atoms with E-state index >= 15 is 0 Å². The summed E-state index contributed by atoms with van der Waals surface area (Å²) in [6, 6.07) is 16.1. The molecule has 2 aromatic carbocycles. The van der Waals surface area contributed by atoms with Crippen molar-refractivity contribution in [3.8, 4) is 0 Å². The maximum absolute atomic E-state index is 14.2. The number of likely N-dealkylation sites (tertiary alicyclic amines) is 2. The van der Waals surface area contributed by atoms with Crippen molar-refractivity contribution < 1.29 is 29.1 Å². The molecule has 2 saturated heterocycles. The Morgan fingerprint density at radius 3 is 1.94 bits per heavy atom. The Morgan fingerprint density at radius 2 is 1.37 bits per heavy atom. The number of hydrogen-bond donors (Lipinski definition) is 6. The number of nitrogens with zero attached hydrogens (tertiary/aromatic N) is 2. The maximum Gasteiger partial charge on any atom is 0.317 e. The van der Waals surface area contributed by atoms with Gasteiger partial charge in [0.15, 0.2) is 0 Å². The Morgan fingerprint density at radius 1 is 0.784 bits per heavy atom. The van der Waals surface area contributed by atoms with Crippen LogP contribution in [-0.2, 0) is 36.8 Å². The number of carbonyl (C=O) groups excluding carboxylic acids is 4. The molecule has 13 heteroatoms. The number of carboxylic acids is 1. The fraction of sp³-hybridized carbons (Fsp3) is 0.553. The van der Waals surface area contributed by atoms with E-state index in [-0.39, 0.29) is 30.7 Å². The second-order valence-electron chi connectivity index (χ2n) is 14.5. The van der Waals surface area contributed by atoms with Gasteiger partial charge in [0.25, 0.3) is 0 Å². The van der Waals surface area contributed by atoms with Crippen molar-refractivity contribution in [3.63, 3.8) is 0 Å². The van der Waals surface area contributed by atoms with E-state index in [4.69, 9.17) is 11.5 Å². The number of rotatable bonds is 17. The molecular weight excluding hydrogens is 650 g/mol. The van der Waals surface area contributed by atoms with Gasteiger partial charge in [-0.05, 0) is 68.0 Å². The Hall–Kier alpha value is -4.33. The van der Waals surface area contributed by atoms with E-state index in [1.807, 2.05) is 65.6 Å². The first-order valence-electron chi connectivity index (χ1n) is 18.3. The highest BCUT2D eigenvalue weighted by Gasteiger charge is 2.47. The Labute approximate surface area is 299 Å². The molecule has 0 radical (unpaired) electrons. The van der Waals surface area contributed by atoms with Crippen LogP contribution in [0.25, 0.3) is 0 Å². The predicted molar refractivity (Wildman–Crippen MR) is 192 cm³/mol. The number of nitrogens with two attached hydrogens (primary N) is 2. The van der Waals surface area contributed by atoms with E-state index in [1.54, 1.807) is 4.90 Å². The molecule has 1 saturated carbocycles. The molecule has 5 rings (SSSR count). The lowest BCUT2D eigenvalue weighted by Gasteiger charge is -2.34. The molecule has 0 aromatic heterocycles. The molecule has 51 heavy (non-hydrogen) atoms. The van der Waals surface area contributed by atoms with Crippen LogP contribution in [0.5, 0.6) is 0 Å². The highest BCUT2D eigenvalue weighted by molar-refractivity contribution is 5.97. The molecule has 276 valence electrons. The minimum Gasteiger partial charge on any atom is -0.480 e. The molecule has 0 bridgehead atoms. The van der Waals surface area contributed by atoms with Gasteiger partial charge in [-0.15, -0.1) is 0 Å². The summed E-state index contributed by atoms with van der Waals surface area (Å²) in [5.41, 5.74) is 12.6. The average molecular weight is 704 g/mol. The van der Waals surface area contributed by atoms with Crippen molar-refractivity contribution in [3.05, 3.63) is 71.8 Å². The number of amides is 4. The third-order valence-electron chi connectivity index (χ3n) is 10.6. The van der Waals surface area contributed by atoms with Crippen LogP contribution in [0.1, 0.15) is 56.1 Å². The summed E-state index contributed by atoms with van der Waals surface area (Å²) >= 11 is 0. The van der Waals surface area contributed by atoms with Gasteiger partial charge in [0.05, 0.1) is 12.6 Å². The van der Waals surface area contributed by atoms with Crippen molar-refractivity contribution in [2.45, 2.75) is 81.5 Å². The third kappa shape index (κ3) is 10.1. The molecular formula is C38H53N7O6. The van der Waals surface area contributed by atoms with Crippen LogP contribution in [0.3, 0.4) is 0 Å². The predicted octanol–water partition coefficient (Wildman–Crippen LogP) is 0.802. The summed E-state index contributed by atoms with van der Waals surface area (Å²) in [5.74, 6) is -2.01. The normalized spacial score (nSPS) is 21.3. The Balaban J connectivity index is 1.28. The van der Waals surface area contributed by atoms with E-state index in [2.05, 4.69) is 16.0 Å². The van der Waals surface area contributed by atoms with Crippen LogP contribution in [0, 0.1) is 11.8 Å². The van der Waals surface area contributed by atoms with Crippen molar-refractivity contribution in [1.29, 1.82) is 0 Å². The van der Waals surface area contributed by atoms with Crippen LogP contribution >= 0.6 is 0 Å². The summed E-state index contributed by atoms with van der Waals surface area (Å²) in [5, 5.41) is 18.1. The van der Waals surface area contributed by atoms with Crippen LogP contribution < -0.4 is 27.4 Å². The molecule has 1 aliphatic carbocycles. The number of carbonyl (C=O) groups is 5. The first kappa shape index (κ1) is 37.9. The van der Waals surface area contributed by atoms with Crippen molar-refractivity contribution in [2.75, 3.05) is 39.3 Å². The number of nitrogens with one attached hydrogen (secondary N) is 3. The van der Waals surface area contributed by atoms with E-state index in [9.17, 15) is 29.1 Å². The summed E-state index contributed by atoms with van der Waals surface area (Å²) in [4.78, 5) is 70.6. The van der Waals surface area contributed by atoms with Crippen LogP contribution in [0.15, 0.2) is 60.7 Å². The van der Waals surface area contributed by atoms with Gasteiger partial charge >= 0.3 is 5.97 Å². The first-order valence-corrected chi connectivity index (χ1v) is 18.3. The molecule has 0 spiro atoms. The van der Waals surface area contributed by atoms with Gasteiger partial charge in [-0.3, -0.25) is 28.9 Å². The second kappa shape index (κ2) is 17.7. The lowest BCUT2D eigenvalue weighted by atomic mass is 9.93. The highest BCUT2D eigenvalue weighted by atomic mass is 16.4. The smallest absolute Gasteiger partial charge is 0.317 e. The van der Waals surface area contributed by atoms with Crippen LogP contribution in [-0.4, -0.2) is 107 Å². The minimum atomic E-state index is -1.24. The van der Waals surface area contributed by atoms with E-state index in [0.717, 1.165) is 24.0 Å². The minimum absolute atomic E-state index is 0.0110. The zero-order valence-electron chi connectivity index (χ0n) is 29.3. The first-order chi connectivity index (χ1) is 24.6. The van der Waals surface area contributed by atoms with Crippen molar-refractivity contribution >= 4 is 29.6 Å². The molecule has 2 aliphatic heterocycles. The molecule has 3 fully saturated rings. The molecule has 2 heterocycles. The molecule has 5 atom stereocenters. The zero-order chi connectivity index (χ0) is 36.4. The molecule has 2 aromatic rings. The number of hydrogen-bond acceptors (Lipinski definition) is 8. The Bertz CT molecular complexity index is 1490. The quantitative estimate of drug-likeness (QED) is 0.129. The topological polar surface area (TPSA) is 200 Å². The maximum atomic E-state index is 14.2. The number of fused-ring (bicyclic) bond motifs is 1. The van der Waals surface area contributed by atoms with Crippen LogP contribution in [0.4, 0.5) is 0 Å². The number of benzene rings is 2. The molecule has 8 N–H and O–H groups in total. The van der Waals surface area contributed by atoms with Gasteiger partial charge in [0.1, 0.15) is 17.6 Å². The summed E-state index contributed by atoms with van der Waals surface area (Å²) in [6.07, 6.45) is 4.51. The molecule has 3 aliphatic rings.